The first-order chi connectivity index (χ1) is 7.43. The van der Waals surface area contributed by atoms with Gasteiger partial charge in [-0.05, 0) is 38.3 Å². The molecular formula is C12H27NO2Si. The summed E-state index contributed by atoms with van der Waals surface area (Å²) >= 11 is 0. The lowest BCUT2D eigenvalue weighted by Gasteiger charge is -2.22. The summed E-state index contributed by atoms with van der Waals surface area (Å²) in [7, 11) is 1.61. The maximum absolute atomic E-state index is 5.43. The first-order valence-electron chi connectivity index (χ1n) is 6.03. The van der Waals surface area contributed by atoms with Crippen molar-refractivity contribution >= 4 is 14.3 Å². The third-order valence-electron chi connectivity index (χ3n) is 2.74. The van der Waals surface area contributed by atoms with Crippen molar-refractivity contribution in [3.05, 3.63) is 0 Å². The van der Waals surface area contributed by atoms with Gasteiger partial charge >= 0.3 is 8.56 Å². The monoisotopic (exact) mass is 245 g/mol. The predicted molar refractivity (Wildman–Crippen MR) is 72.5 cm³/mol. The van der Waals surface area contributed by atoms with Gasteiger partial charge in [0.15, 0.2) is 0 Å². The van der Waals surface area contributed by atoms with Crippen molar-refractivity contribution in [1.29, 1.82) is 0 Å². The molecule has 0 radical (unpaired) electrons. The van der Waals surface area contributed by atoms with Gasteiger partial charge in [0, 0.05) is 26.5 Å². The highest BCUT2D eigenvalue weighted by Gasteiger charge is 2.27. The molecule has 0 N–H and O–H groups in total. The van der Waals surface area contributed by atoms with E-state index in [2.05, 4.69) is 32.3 Å². The van der Waals surface area contributed by atoms with E-state index in [-0.39, 0.29) is 0 Å². The van der Waals surface area contributed by atoms with Crippen LogP contribution in [0.2, 0.25) is 12.6 Å². The van der Waals surface area contributed by atoms with E-state index < -0.39 is 8.56 Å². The third kappa shape index (κ3) is 7.14. The number of aliphatic imine (C=N–C) groups is 1. The van der Waals surface area contributed by atoms with Gasteiger partial charge in [-0.2, -0.15) is 0 Å². The Bertz CT molecular complexity index is 213. The quantitative estimate of drug-likeness (QED) is 0.373. The van der Waals surface area contributed by atoms with Crippen molar-refractivity contribution in [3.63, 3.8) is 0 Å². The van der Waals surface area contributed by atoms with Gasteiger partial charge < -0.3 is 8.85 Å². The van der Waals surface area contributed by atoms with Gasteiger partial charge in [0.1, 0.15) is 0 Å². The third-order valence-corrected chi connectivity index (χ3v) is 5.73. The molecule has 0 aliphatic carbocycles. The van der Waals surface area contributed by atoms with E-state index >= 15 is 0 Å². The summed E-state index contributed by atoms with van der Waals surface area (Å²) in [5.41, 5.74) is 1.26. The molecule has 0 fully saturated rings. The minimum atomic E-state index is -1.87. The van der Waals surface area contributed by atoms with Crippen molar-refractivity contribution < 1.29 is 8.85 Å². The van der Waals surface area contributed by atoms with Crippen LogP contribution in [0, 0.1) is 5.92 Å². The Labute approximate surface area is 102 Å². The highest BCUT2D eigenvalue weighted by molar-refractivity contribution is 6.65. The van der Waals surface area contributed by atoms with Crippen molar-refractivity contribution in [1.82, 2.24) is 0 Å². The number of rotatable bonds is 8. The molecule has 0 amide bonds. The number of hydrogen-bond acceptors (Lipinski definition) is 3. The second-order valence-corrected chi connectivity index (χ2v) is 8.44. The van der Waals surface area contributed by atoms with Crippen LogP contribution in [-0.4, -0.2) is 35.0 Å². The summed E-state index contributed by atoms with van der Waals surface area (Å²) in [5, 5.41) is 0. The van der Waals surface area contributed by atoms with Crippen LogP contribution in [0.3, 0.4) is 0 Å². The molecule has 0 bridgehead atoms. The molecule has 0 aromatic heterocycles. The van der Waals surface area contributed by atoms with Crippen molar-refractivity contribution in [2.45, 2.75) is 46.2 Å². The molecule has 0 rings (SSSR count). The summed E-state index contributed by atoms with van der Waals surface area (Å²) in [4.78, 5) is 4.56. The first-order valence-corrected chi connectivity index (χ1v) is 8.56. The molecule has 0 aliphatic heterocycles. The SMILES string of the molecule is CO[Si](C)(CCC/N=C(\C)CC(C)C)OC. The summed E-state index contributed by atoms with van der Waals surface area (Å²) < 4.78 is 10.9. The van der Waals surface area contributed by atoms with Gasteiger partial charge in [-0.1, -0.05) is 13.8 Å². The molecule has 0 atom stereocenters. The molecule has 0 aromatic carbocycles. The zero-order valence-corrected chi connectivity index (χ0v) is 12.7. The van der Waals surface area contributed by atoms with Crippen LogP contribution >= 0.6 is 0 Å². The first kappa shape index (κ1) is 15.8. The Morgan fingerprint density at radius 2 is 1.81 bits per heavy atom. The maximum Gasteiger partial charge on any atom is 0.334 e. The second kappa shape index (κ2) is 7.98. The molecule has 0 saturated heterocycles. The Morgan fingerprint density at radius 1 is 1.25 bits per heavy atom. The van der Waals surface area contributed by atoms with E-state index in [0.717, 1.165) is 25.4 Å². The highest BCUT2D eigenvalue weighted by atomic mass is 28.4. The summed E-state index contributed by atoms with van der Waals surface area (Å²) in [6.45, 7) is 9.55. The predicted octanol–water partition coefficient (Wildman–Crippen LogP) is 3.25. The van der Waals surface area contributed by atoms with Gasteiger partial charge in [-0.15, -0.1) is 0 Å². The van der Waals surface area contributed by atoms with E-state index in [1.165, 1.54) is 5.71 Å². The molecule has 0 aromatic rings. The van der Waals surface area contributed by atoms with Gasteiger partial charge in [-0.25, -0.2) is 0 Å². The van der Waals surface area contributed by atoms with Crippen molar-refractivity contribution in [2.24, 2.45) is 10.9 Å². The van der Waals surface area contributed by atoms with Gasteiger partial charge in [0.25, 0.3) is 0 Å². The van der Waals surface area contributed by atoms with Crippen LogP contribution in [-0.2, 0) is 8.85 Å². The fourth-order valence-electron chi connectivity index (χ4n) is 1.61. The molecule has 3 nitrogen and oxygen atoms in total. The molecule has 0 unspecified atom stereocenters. The van der Waals surface area contributed by atoms with Gasteiger partial charge in [-0.3, -0.25) is 4.99 Å². The molecule has 0 aliphatic rings. The number of nitrogens with zero attached hydrogens (tertiary/aromatic N) is 1. The van der Waals surface area contributed by atoms with E-state index in [1.54, 1.807) is 14.2 Å². The van der Waals surface area contributed by atoms with Crippen molar-refractivity contribution in [2.75, 3.05) is 20.8 Å². The van der Waals surface area contributed by atoms with Crippen molar-refractivity contribution in [3.8, 4) is 0 Å². The summed E-state index contributed by atoms with van der Waals surface area (Å²) in [6.07, 6.45) is 2.16. The standard InChI is InChI=1S/C12H27NO2Si/c1-11(2)10-12(3)13-8-7-9-16(6,14-4)15-5/h11H,7-10H2,1-6H3/b13-12+. The van der Waals surface area contributed by atoms with Gasteiger partial charge in [0.05, 0.1) is 0 Å². The van der Waals surface area contributed by atoms with Crippen LogP contribution in [0.25, 0.3) is 0 Å². The Kier molecular flexibility index (Phi) is 7.88. The zero-order chi connectivity index (χ0) is 12.6. The minimum Gasteiger partial charge on any atom is -0.398 e. The molecule has 0 spiro atoms. The number of hydrogen-bond donors (Lipinski definition) is 0. The van der Waals surface area contributed by atoms with Gasteiger partial charge in [0.2, 0.25) is 0 Å². The topological polar surface area (TPSA) is 30.8 Å². The molecule has 96 valence electrons. The lowest BCUT2D eigenvalue weighted by Crippen LogP contribution is -2.35. The highest BCUT2D eigenvalue weighted by Crippen LogP contribution is 2.13. The fourth-order valence-corrected chi connectivity index (χ4v) is 2.99. The smallest absolute Gasteiger partial charge is 0.334 e. The average molecular weight is 245 g/mol. The molecule has 0 heterocycles. The lowest BCUT2D eigenvalue weighted by molar-refractivity contribution is 0.249. The Morgan fingerprint density at radius 3 is 2.25 bits per heavy atom. The Balaban J connectivity index is 3.82. The van der Waals surface area contributed by atoms with E-state index in [1.807, 2.05) is 0 Å². The minimum absolute atomic E-state index is 0.696. The molecule has 16 heavy (non-hydrogen) atoms. The average Bonchev–Trinajstić information content (AvgIpc) is 2.23. The molecule has 4 heteroatoms. The maximum atomic E-state index is 5.43. The fraction of sp³-hybridized carbons (Fsp3) is 0.917. The van der Waals surface area contributed by atoms with Crippen LogP contribution < -0.4 is 0 Å². The summed E-state index contributed by atoms with van der Waals surface area (Å²) in [6, 6.07) is 1.01. The zero-order valence-electron chi connectivity index (χ0n) is 11.7. The normalized spacial score (nSPS) is 13.6. The van der Waals surface area contributed by atoms with E-state index in [9.17, 15) is 0 Å². The Hall–Kier alpha value is -0.193. The van der Waals surface area contributed by atoms with E-state index in [4.69, 9.17) is 8.85 Å². The largest absolute Gasteiger partial charge is 0.398 e. The van der Waals surface area contributed by atoms with Crippen LogP contribution in [0.5, 0.6) is 0 Å². The van der Waals surface area contributed by atoms with Crippen LogP contribution in [0.1, 0.15) is 33.6 Å². The second-order valence-electron chi connectivity index (χ2n) is 4.86. The summed E-state index contributed by atoms with van der Waals surface area (Å²) in [5.74, 6) is 0.696. The van der Waals surface area contributed by atoms with Crippen LogP contribution in [0.4, 0.5) is 0 Å². The van der Waals surface area contributed by atoms with E-state index in [0.29, 0.717) is 5.92 Å². The van der Waals surface area contributed by atoms with Crippen LogP contribution in [0.15, 0.2) is 4.99 Å². The lowest BCUT2D eigenvalue weighted by atomic mass is 10.1. The molecular weight excluding hydrogens is 218 g/mol. The molecule has 0 saturated carbocycles.